The van der Waals surface area contributed by atoms with E-state index >= 15 is 0 Å². The van der Waals surface area contributed by atoms with Gasteiger partial charge in [0, 0.05) is 6.54 Å². The number of sulfonamides is 1. The molecular weight excluding hydrogens is 286 g/mol. The fourth-order valence-electron chi connectivity index (χ4n) is 3.18. The van der Waals surface area contributed by atoms with Crippen molar-refractivity contribution in [3.8, 4) is 0 Å². The summed E-state index contributed by atoms with van der Waals surface area (Å²) in [5.74, 6) is -1.25. The van der Waals surface area contributed by atoms with Crippen LogP contribution in [-0.4, -0.2) is 71.6 Å². The number of rotatable bonds is 4. The summed E-state index contributed by atoms with van der Waals surface area (Å²) in [6.07, 6.45) is 1.00. The number of carbonyl (C=O) groups excluding carboxylic acids is 2. The van der Waals surface area contributed by atoms with E-state index in [4.69, 9.17) is 5.73 Å². The van der Waals surface area contributed by atoms with E-state index in [9.17, 15) is 23.1 Å². The van der Waals surface area contributed by atoms with Gasteiger partial charge in [0.05, 0.1) is 18.9 Å². The number of aliphatic hydroxyl groups excluding tert-OH is 1. The third kappa shape index (κ3) is 2.09. The van der Waals surface area contributed by atoms with Gasteiger partial charge in [-0.25, -0.2) is 8.42 Å². The fourth-order valence-corrected chi connectivity index (χ4v) is 4.51. The van der Waals surface area contributed by atoms with Crippen molar-refractivity contribution in [2.75, 3.05) is 19.3 Å². The maximum atomic E-state index is 12.4. The third-order valence-corrected chi connectivity index (χ3v) is 5.34. The molecule has 1 unspecified atom stereocenters. The van der Waals surface area contributed by atoms with Crippen molar-refractivity contribution in [3.63, 3.8) is 0 Å². The van der Waals surface area contributed by atoms with Crippen LogP contribution in [0.3, 0.4) is 0 Å². The van der Waals surface area contributed by atoms with Crippen LogP contribution in [0.1, 0.15) is 19.8 Å². The fraction of sp³-hybridized carbons (Fsp3) is 0.818. The van der Waals surface area contributed by atoms with Crippen molar-refractivity contribution in [1.29, 1.82) is 0 Å². The second-order valence-electron chi connectivity index (χ2n) is 5.49. The molecule has 0 aromatic carbocycles. The molecule has 3 atom stereocenters. The molecule has 2 heterocycles. The summed E-state index contributed by atoms with van der Waals surface area (Å²) in [4.78, 5) is 24.9. The van der Waals surface area contributed by atoms with Crippen molar-refractivity contribution in [2.24, 2.45) is 5.73 Å². The van der Waals surface area contributed by atoms with Crippen molar-refractivity contribution in [1.82, 2.24) is 9.21 Å². The van der Waals surface area contributed by atoms with E-state index in [0.29, 0.717) is 19.4 Å². The Morgan fingerprint density at radius 1 is 1.50 bits per heavy atom. The Morgan fingerprint density at radius 3 is 2.50 bits per heavy atom. The van der Waals surface area contributed by atoms with E-state index in [1.165, 1.54) is 11.2 Å². The second-order valence-corrected chi connectivity index (χ2v) is 7.40. The Morgan fingerprint density at radius 2 is 2.10 bits per heavy atom. The monoisotopic (exact) mass is 305 g/mol. The first-order valence-corrected chi connectivity index (χ1v) is 8.22. The Labute approximate surface area is 117 Å². The molecule has 0 radical (unpaired) electrons. The maximum absolute atomic E-state index is 12.4. The lowest BCUT2D eigenvalue weighted by atomic mass is 9.84. The van der Waals surface area contributed by atoms with Gasteiger partial charge in [-0.15, -0.1) is 0 Å². The first-order valence-electron chi connectivity index (χ1n) is 6.37. The van der Waals surface area contributed by atoms with Gasteiger partial charge in [0.15, 0.2) is 0 Å². The molecular formula is C11H19N3O5S. The average Bonchev–Trinajstić information content (AvgIpc) is 2.73. The Kier molecular flexibility index (Phi) is 3.55. The number of primary amides is 1. The minimum atomic E-state index is -3.49. The number of carbonyl (C=O) groups is 2. The van der Waals surface area contributed by atoms with E-state index in [0.717, 1.165) is 11.2 Å². The second kappa shape index (κ2) is 4.68. The zero-order valence-corrected chi connectivity index (χ0v) is 12.3. The molecule has 2 fully saturated rings. The van der Waals surface area contributed by atoms with E-state index in [1.807, 2.05) is 0 Å². The van der Waals surface area contributed by atoms with E-state index < -0.39 is 39.5 Å². The van der Waals surface area contributed by atoms with Gasteiger partial charge in [-0.2, -0.15) is 4.31 Å². The van der Waals surface area contributed by atoms with Crippen LogP contribution in [0.15, 0.2) is 0 Å². The molecule has 3 N–H and O–H groups in total. The van der Waals surface area contributed by atoms with Crippen LogP contribution in [0.2, 0.25) is 0 Å². The van der Waals surface area contributed by atoms with Gasteiger partial charge < -0.3 is 15.7 Å². The summed E-state index contributed by atoms with van der Waals surface area (Å²) in [5, 5.41) is 9.57. The largest absolute Gasteiger partial charge is 0.391 e. The molecule has 114 valence electrons. The smallest absolute Gasteiger partial charge is 0.246 e. The minimum absolute atomic E-state index is 0.0947. The molecule has 2 rings (SSSR count). The Balaban J connectivity index is 2.25. The average molecular weight is 305 g/mol. The van der Waals surface area contributed by atoms with Crippen molar-refractivity contribution in [2.45, 2.75) is 37.5 Å². The molecule has 2 saturated heterocycles. The number of likely N-dealkylation sites (tertiary alicyclic amines) is 1. The zero-order valence-electron chi connectivity index (χ0n) is 11.4. The van der Waals surface area contributed by atoms with Crippen molar-refractivity contribution >= 4 is 21.8 Å². The summed E-state index contributed by atoms with van der Waals surface area (Å²) < 4.78 is 24.7. The van der Waals surface area contributed by atoms with E-state index in [1.54, 1.807) is 0 Å². The topological polar surface area (TPSA) is 121 Å². The zero-order chi connectivity index (χ0) is 15.3. The highest BCUT2D eigenvalue weighted by atomic mass is 32.2. The summed E-state index contributed by atoms with van der Waals surface area (Å²) >= 11 is 0. The quantitative estimate of drug-likeness (QED) is 0.574. The van der Waals surface area contributed by atoms with E-state index in [-0.39, 0.29) is 6.54 Å². The van der Waals surface area contributed by atoms with Crippen LogP contribution in [0.5, 0.6) is 0 Å². The predicted molar refractivity (Wildman–Crippen MR) is 69.9 cm³/mol. The molecule has 20 heavy (non-hydrogen) atoms. The van der Waals surface area contributed by atoms with Gasteiger partial charge in [-0.3, -0.25) is 9.59 Å². The lowest BCUT2D eigenvalue weighted by Gasteiger charge is -2.52. The van der Waals surface area contributed by atoms with Gasteiger partial charge in [-0.1, -0.05) is 0 Å². The number of hydrogen-bond acceptors (Lipinski definition) is 5. The molecule has 0 bridgehead atoms. The Bertz CT molecular complexity index is 546. The van der Waals surface area contributed by atoms with E-state index in [2.05, 4.69) is 0 Å². The molecule has 0 aromatic rings. The highest BCUT2D eigenvalue weighted by Gasteiger charge is 2.63. The van der Waals surface area contributed by atoms with Crippen LogP contribution >= 0.6 is 0 Å². The lowest BCUT2D eigenvalue weighted by Crippen LogP contribution is -2.76. The molecule has 1 spiro atoms. The van der Waals surface area contributed by atoms with Crippen LogP contribution < -0.4 is 5.73 Å². The SMILES string of the molecule is C[C@@H](O)C(C(N)=O)N1C[C@@]2(CCCN2S(C)(=O)=O)C1=O. The third-order valence-electron chi connectivity index (χ3n) is 4.00. The molecule has 9 heteroatoms. The predicted octanol–water partition coefficient (Wildman–Crippen LogP) is -2.14. The van der Waals surface area contributed by atoms with Crippen molar-refractivity contribution < 1.29 is 23.1 Å². The molecule has 2 amide bonds. The highest BCUT2D eigenvalue weighted by Crippen LogP contribution is 2.41. The summed E-state index contributed by atoms with van der Waals surface area (Å²) in [6, 6.07) is -1.12. The number of nitrogens with zero attached hydrogens (tertiary/aromatic N) is 2. The maximum Gasteiger partial charge on any atom is 0.246 e. The van der Waals surface area contributed by atoms with Crippen LogP contribution in [-0.2, 0) is 19.6 Å². The summed E-state index contributed by atoms with van der Waals surface area (Å²) in [6.45, 7) is 1.77. The number of aliphatic hydroxyl groups is 1. The molecule has 2 aliphatic rings. The first kappa shape index (κ1) is 15.2. The van der Waals surface area contributed by atoms with Gasteiger partial charge in [-0.05, 0) is 19.8 Å². The highest BCUT2D eigenvalue weighted by molar-refractivity contribution is 7.88. The molecule has 0 saturated carbocycles. The first-order chi connectivity index (χ1) is 9.11. The summed E-state index contributed by atoms with van der Waals surface area (Å²) in [7, 11) is -3.49. The number of hydrogen-bond donors (Lipinski definition) is 2. The molecule has 0 aromatic heterocycles. The number of β-lactam (4-membered cyclic amide) rings is 1. The number of amides is 2. The van der Waals surface area contributed by atoms with Crippen LogP contribution in [0, 0.1) is 0 Å². The lowest BCUT2D eigenvalue weighted by molar-refractivity contribution is -0.167. The Hall–Kier alpha value is -1.19. The van der Waals surface area contributed by atoms with Crippen molar-refractivity contribution in [3.05, 3.63) is 0 Å². The van der Waals surface area contributed by atoms with Gasteiger partial charge in [0.25, 0.3) is 0 Å². The standard InChI is InChI=1S/C11H19N3O5S/c1-7(15)8(9(12)16)13-6-11(10(13)17)4-3-5-14(11)20(2,18)19/h7-8,15H,3-6H2,1-2H3,(H2,12,16)/t7-,8?,11+/m1/s1. The van der Waals surface area contributed by atoms with Gasteiger partial charge >= 0.3 is 0 Å². The number of nitrogens with two attached hydrogens (primary N) is 1. The van der Waals surface area contributed by atoms with Gasteiger partial charge in [0.1, 0.15) is 11.6 Å². The van der Waals surface area contributed by atoms with Crippen LogP contribution in [0.25, 0.3) is 0 Å². The molecule has 0 aliphatic carbocycles. The summed E-state index contributed by atoms with van der Waals surface area (Å²) in [5.41, 5.74) is 4.11. The van der Waals surface area contributed by atoms with Gasteiger partial charge in [0.2, 0.25) is 21.8 Å². The minimum Gasteiger partial charge on any atom is -0.391 e. The normalized spacial score (nSPS) is 30.4. The van der Waals surface area contributed by atoms with Crippen LogP contribution in [0.4, 0.5) is 0 Å². The molecule has 8 nitrogen and oxygen atoms in total. The molecule has 2 aliphatic heterocycles.